The minimum atomic E-state index is 0.611. The molecule has 0 aliphatic rings. The van der Waals surface area contributed by atoms with E-state index in [1.54, 1.807) is 0 Å². The first-order valence-corrected chi connectivity index (χ1v) is 10.3. The Morgan fingerprint density at radius 3 is 1.39 bits per heavy atom. The van der Waals surface area contributed by atoms with Gasteiger partial charge in [0, 0.05) is 0 Å². The van der Waals surface area contributed by atoms with E-state index in [9.17, 15) is 0 Å². The molecule has 0 aliphatic heterocycles. The molecule has 0 amide bonds. The maximum atomic E-state index is 2.39. The van der Waals surface area contributed by atoms with E-state index in [1.165, 1.54) is 21.8 Å². The minimum absolute atomic E-state index is 0.611. The normalized spacial score (nSPS) is 10.9. The van der Waals surface area contributed by atoms with Gasteiger partial charge in [-0.2, -0.15) is 0 Å². The van der Waals surface area contributed by atoms with Gasteiger partial charge >= 0.3 is 122 Å². The molecule has 0 aliphatic carbocycles. The van der Waals surface area contributed by atoms with E-state index >= 15 is 0 Å². The van der Waals surface area contributed by atoms with E-state index in [0.29, 0.717) is 29.9 Å². The van der Waals surface area contributed by atoms with Crippen LogP contribution in [-0.4, -0.2) is 29.9 Å². The van der Waals surface area contributed by atoms with Crippen LogP contribution in [0.3, 0.4) is 0 Å². The van der Waals surface area contributed by atoms with Crippen molar-refractivity contribution >= 4 is 29.9 Å². The monoisotopic (exact) mass is 368 g/mol. The van der Waals surface area contributed by atoms with Crippen LogP contribution in [0.1, 0.15) is 11.1 Å². The van der Waals surface area contributed by atoms with Gasteiger partial charge in [-0.25, -0.2) is 0 Å². The summed E-state index contributed by atoms with van der Waals surface area (Å²) >= 11 is 1.22. The summed E-state index contributed by atoms with van der Waals surface area (Å²) in [7, 11) is 0. The Balaban J connectivity index is 1.64. The third-order valence-electron chi connectivity index (χ3n) is 2.43. The second kappa shape index (κ2) is 8.34. The second-order valence-corrected chi connectivity index (χ2v) is 7.62. The van der Waals surface area contributed by atoms with E-state index in [0.717, 1.165) is 0 Å². The summed E-state index contributed by atoms with van der Waals surface area (Å²) in [5, 5.41) is 2.43. The summed E-state index contributed by atoms with van der Waals surface area (Å²) in [5.74, 6) is 0. The molecule has 2 heteroatoms. The van der Waals surface area contributed by atoms with Gasteiger partial charge in [-0.3, -0.25) is 0 Å². The molecule has 18 heavy (non-hydrogen) atoms. The van der Waals surface area contributed by atoms with Gasteiger partial charge < -0.3 is 0 Å². The van der Waals surface area contributed by atoms with Gasteiger partial charge in [0.25, 0.3) is 0 Å². The first-order chi connectivity index (χ1) is 8.95. The van der Waals surface area contributed by atoms with Crippen molar-refractivity contribution < 1.29 is 0 Å². The van der Waals surface area contributed by atoms with Crippen LogP contribution in [0.4, 0.5) is 0 Å². The Hall–Kier alpha value is -0.781. The van der Waals surface area contributed by atoms with Crippen LogP contribution in [-0.2, 0) is 10.6 Å². The van der Waals surface area contributed by atoms with Crippen molar-refractivity contribution in [1.29, 1.82) is 0 Å². The Labute approximate surface area is 122 Å². The molecular weight excluding hydrogens is 350 g/mol. The Kier molecular flexibility index (Phi) is 6.33. The molecule has 0 unspecified atom stereocenters. The average molecular weight is 366 g/mol. The van der Waals surface area contributed by atoms with Crippen LogP contribution < -0.4 is 0 Å². The van der Waals surface area contributed by atoms with E-state index < -0.39 is 0 Å². The van der Waals surface area contributed by atoms with Crippen molar-refractivity contribution in [3.63, 3.8) is 0 Å². The predicted octanol–water partition coefficient (Wildman–Crippen LogP) is 3.27. The molecule has 92 valence electrons. The second-order valence-electron chi connectivity index (χ2n) is 3.87. The van der Waals surface area contributed by atoms with E-state index in [4.69, 9.17) is 0 Å². The van der Waals surface area contributed by atoms with Gasteiger partial charge in [0.1, 0.15) is 0 Å². The summed E-state index contributed by atoms with van der Waals surface area (Å²) in [4.78, 5) is 4.78. The number of hydrogen-bond donors (Lipinski definition) is 0. The fourth-order valence-corrected chi connectivity index (χ4v) is 5.58. The van der Waals surface area contributed by atoms with Gasteiger partial charge in [0.05, 0.1) is 0 Å². The molecule has 0 heterocycles. The molecule has 0 aromatic heterocycles. The van der Waals surface area contributed by atoms with Crippen molar-refractivity contribution in [3.8, 4) is 0 Å². The number of benzene rings is 2. The van der Waals surface area contributed by atoms with Crippen LogP contribution in [0.25, 0.3) is 0 Å². The standard InChI is InChI=1S/C16H16Se2/c1-3-7-15(8-4-1)13-17-11-12-18-14-16-9-5-2-6-10-16/h1-12H,13-14H2/b12-11-. The van der Waals surface area contributed by atoms with Crippen molar-refractivity contribution in [1.82, 2.24) is 0 Å². The van der Waals surface area contributed by atoms with Crippen molar-refractivity contribution in [2.45, 2.75) is 10.6 Å². The number of hydrogen-bond acceptors (Lipinski definition) is 0. The topological polar surface area (TPSA) is 0 Å². The first-order valence-electron chi connectivity index (χ1n) is 5.91. The Morgan fingerprint density at radius 1 is 0.611 bits per heavy atom. The molecule has 2 aromatic rings. The average Bonchev–Trinajstić information content (AvgIpc) is 2.45. The molecule has 2 rings (SSSR count). The van der Waals surface area contributed by atoms with Gasteiger partial charge in [-0.15, -0.1) is 0 Å². The molecule has 0 fully saturated rings. The van der Waals surface area contributed by atoms with E-state index in [-0.39, 0.29) is 0 Å². The Morgan fingerprint density at radius 2 is 1.00 bits per heavy atom. The van der Waals surface area contributed by atoms with Gasteiger partial charge in [-0.05, 0) is 0 Å². The third kappa shape index (κ3) is 5.25. The molecule has 0 nitrogen and oxygen atoms in total. The van der Waals surface area contributed by atoms with Crippen LogP contribution in [0.2, 0.25) is 0 Å². The van der Waals surface area contributed by atoms with Crippen LogP contribution in [0.5, 0.6) is 0 Å². The summed E-state index contributed by atoms with van der Waals surface area (Å²) in [5.41, 5.74) is 2.91. The van der Waals surface area contributed by atoms with Crippen LogP contribution in [0.15, 0.2) is 70.6 Å². The van der Waals surface area contributed by atoms with Gasteiger partial charge in [0.15, 0.2) is 0 Å². The van der Waals surface area contributed by atoms with Crippen molar-refractivity contribution in [3.05, 3.63) is 81.7 Å². The molecular formula is C16H16Se2. The first kappa shape index (κ1) is 13.6. The molecule has 0 radical (unpaired) electrons. The van der Waals surface area contributed by atoms with E-state index in [2.05, 4.69) is 70.6 Å². The fourth-order valence-electron chi connectivity index (χ4n) is 1.52. The molecule has 2 aromatic carbocycles. The van der Waals surface area contributed by atoms with Crippen molar-refractivity contribution in [2.24, 2.45) is 0 Å². The molecule has 0 bridgehead atoms. The van der Waals surface area contributed by atoms with Crippen LogP contribution >= 0.6 is 0 Å². The number of rotatable bonds is 6. The molecule has 0 saturated heterocycles. The molecule has 0 atom stereocenters. The predicted molar refractivity (Wildman–Crippen MR) is 80.9 cm³/mol. The van der Waals surface area contributed by atoms with E-state index in [1.807, 2.05) is 0 Å². The van der Waals surface area contributed by atoms with Gasteiger partial charge in [0.2, 0.25) is 0 Å². The van der Waals surface area contributed by atoms with Crippen molar-refractivity contribution in [2.75, 3.05) is 0 Å². The fraction of sp³-hybridized carbons (Fsp3) is 0.125. The van der Waals surface area contributed by atoms with Crippen LogP contribution in [0, 0.1) is 0 Å². The van der Waals surface area contributed by atoms with Gasteiger partial charge in [-0.1, -0.05) is 0 Å². The zero-order valence-corrected chi connectivity index (χ0v) is 13.6. The summed E-state index contributed by atoms with van der Waals surface area (Å²) in [6.07, 6.45) is 0. The maximum absolute atomic E-state index is 2.39. The zero-order valence-electron chi connectivity index (χ0n) is 10.2. The molecule has 0 spiro atoms. The Bertz CT molecular complexity index is 417. The third-order valence-corrected chi connectivity index (χ3v) is 6.78. The summed E-state index contributed by atoms with van der Waals surface area (Å²) in [6.45, 7) is 0. The SMILES string of the molecule is C(=C/[Se]Cc1ccccc1)/[Se]Cc1ccccc1. The molecule has 0 N–H and O–H groups in total. The summed E-state index contributed by atoms with van der Waals surface area (Å²) < 4.78 is 0. The summed E-state index contributed by atoms with van der Waals surface area (Å²) in [6, 6.07) is 21.5. The molecule has 0 saturated carbocycles. The quantitative estimate of drug-likeness (QED) is 0.689. The zero-order chi connectivity index (χ0) is 12.5.